The third kappa shape index (κ3) is 3.00. The minimum Gasteiger partial charge on any atom is -0.394 e. The van der Waals surface area contributed by atoms with Gasteiger partial charge in [-0.1, -0.05) is 29.8 Å². The van der Waals surface area contributed by atoms with Crippen LogP contribution in [0.25, 0.3) is 10.6 Å². The van der Waals surface area contributed by atoms with Crippen molar-refractivity contribution in [2.45, 2.75) is 13.0 Å². The average molecular weight is 311 g/mol. The van der Waals surface area contributed by atoms with E-state index in [0.717, 1.165) is 5.56 Å². The molecule has 0 aliphatic rings. The normalized spacial score (nSPS) is 12.2. The highest BCUT2D eigenvalue weighted by Gasteiger charge is 2.20. The molecule has 20 heavy (non-hydrogen) atoms. The molecule has 0 bridgehead atoms. The van der Waals surface area contributed by atoms with Gasteiger partial charge in [-0.3, -0.25) is 4.79 Å². The highest BCUT2D eigenvalue weighted by Crippen LogP contribution is 2.31. The smallest absolute Gasteiger partial charge is 0.265 e. The number of likely N-dealkylation sites (N-methyl/N-ethyl adjacent to an activating group) is 1. The Kier molecular flexibility index (Phi) is 4.75. The van der Waals surface area contributed by atoms with E-state index in [1.54, 1.807) is 26.2 Å². The van der Waals surface area contributed by atoms with Gasteiger partial charge < -0.3 is 10.0 Å². The van der Waals surface area contributed by atoms with E-state index in [9.17, 15) is 4.79 Å². The van der Waals surface area contributed by atoms with Gasteiger partial charge in [0.25, 0.3) is 5.91 Å². The molecule has 1 aromatic carbocycles. The fourth-order valence-corrected chi connectivity index (χ4v) is 2.85. The number of aliphatic hydroxyl groups is 1. The van der Waals surface area contributed by atoms with Crippen molar-refractivity contribution in [2.75, 3.05) is 13.7 Å². The quantitative estimate of drug-likeness (QED) is 0.944. The zero-order chi connectivity index (χ0) is 14.7. The number of hydrogen-bond donors (Lipinski definition) is 1. The van der Waals surface area contributed by atoms with E-state index in [4.69, 9.17) is 16.7 Å². The lowest BCUT2D eigenvalue weighted by molar-refractivity contribution is 0.0687. The molecule has 0 aliphatic carbocycles. The predicted octanol–water partition coefficient (Wildman–Crippen LogP) is 2.92. The second kappa shape index (κ2) is 6.35. The molecule has 1 unspecified atom stereocenters. The minimum absolute atomic E-state index is 0.0710. The summed E-state index contributed by atoms with van der Waals surface area (Å²) in [5.41, 5.74) is 0.816. The lowest BCUT2D eigenvalue weighted by Gasteiger charge is -2.22. The molecule has 0 saturated carbocycles. The number of benzene rings is 1. The molecule has 106 valence electrons. The van der Waals surface area contributed by atoms with Crippen LogP contribution >= 0.6 is 22.9 Å². The van der Waals surface area contributed by atoms with Crippen molar-refractivity contribution in [3.05, 3.63) is 40.4 Å². The van der Waals surface area contributed by atoms with Gasteiger partial charge in [-0.2, -0.15) is 0 Å². The number of hydrogen-bond acceptors (Lipinski definition) is 4. The van der Waals surface area contributed by atoms with Gasteiger partial charge >= 0.3 is 0 Å². The van der Waals surface area contributed by atoms with Crippen molar-refractivity contribution in [3.63, 3.8) is 0 Å². The Bertz CT molecular complexity index is 615. The topological polar surface area (TPSA) is 53.4 Å². The van der Waals surface area contributed by atoms with Gasteiger partial charge in [0, 0.05) is 12.6 Å². The van der Waals surface area contributed by atoms with Gasteiger partial charge in [0.15, 0.2) is 0 Å². The summed E-state index contributed by atoms with van der Waals surface area (Å²) in [6, 6.07) is 7.16. The molecule has 1 N–H and O–H groups in total. The Morgan fingerprint density at radius 2 is 2.20 bits per heavy atom. The maximum Gasteiger partial charge on any atom is 0.265 e. The maximum atomic E-state index is 12.2. The van der Waals surface area contributed by atoms with E-state index >= 15 is 0 Å². The van der Waals surface area contributed by atoms with Gasteiger partial charge in [-0.25, -0.2) is 4.98 Å². The second-order valence-electron chi connectivity index (χ2n) is 4.46. The molecular formula is C14H15ClN2O2S. The molecule has 1 heterocycles. The van der Waals surface area contributed by atoms with Crippen molar-refractivity contribution in [2.24, 2.45) is 0 Å². The summed E-state index contributed by atoms with van der Waals surface area (Å²) in [6.45, 7) is 1.71. The van der Waals surface area contributed by atoms with Crippen LogP contribution in [0.3, 0.4) is 0 Å². The monoisotopic (exact) mass is 310 g/mol. The van der Waals surface area contributed by atoms with Crippen LogP contribution in [0.5, 0.6) is 0 Å². The molecule has 0 aliphatic heterocycles. The van der Waals surface area contributed by atoms with Crippen molar-refractivity contribution in [3.8, 4) is 10.6 Å². The first-order valence-electron chi connectivity index (χ1n) is 6.13. The highest BCUT2D eigenvalue weighted by molar-refractivity contribution is 7.17. The van der Waals surface area contributed by atoms with Crippen LogP contribution in [0, 0.1) is 0 Å². The number of halogens is 1. The Morgan fingerprint density at radius 3 is 2.85 bits per heavy atom. The number of amides is 1. The summed E-state index contributed by atoms with van der Waals surface area (Å²) in [7, 11) is 1.66. The van der Waals surface area contributed by atoms with Crippen LogP contribution in [0.1, 0.15) is 16.6 Å². The van der Waals surface area contributed by atoms with E-state index in [2.05, 4.69) is 4.98 Å². The molecule has 1 aromatic heterocycles. The van der Waals surface area contributed by atoms with Crippen LogP contribution in [0.4, 0.5) is 0 Å². The van der Waals surface area contributed by atoms with Crippen LogP contribution < -0.4 is 0 Å². The molecule has 2 aromatic rings. The van der Waals surface area contributed by atoms with E-state index < -0.39 is 0 Å². The van der Waals surface area contributed by atoms with Crippen LogP contribution in [0.15, 0.2) is 30.5 Å². The Morgan fingerprint density at radius 1 is 1.50 bits per heavy atom. The molecule has 0 fully saturated rings. The molecular weight excluding hydrogens is 296 g/mol. The third-order valence-electron chi connectivity index (χ3n) is 3.07. The summed E-state index contributed by atoms with van der Waals surface area (Å²) in [4.78, 5) is 18.5. The van der Waals surface area contributed by atoms with Crippen molar-refractivity contribution in [1.82, 2.24) is 9.88 Å². The lowest BCUT2D eigenvalue weighted by Crippen LogP contribution is -2.36. The summed E-state index contributed by atoms with van der Waals surface area (Å²) in [6.07, 6.45) is 1.55. The van der Waals surface area contributed by atoms with Crippen molar-refractivity contribution in [1.29, 1.82) is 0 Å². The van der Waals surface area contributed by atoms with Gasteiger partial charge in [0.1, 0.15) is 9.88 Å². The number of thiazole rings is 1. The third-order valence-corrected chi connectivity index (χ3v) is 4.41. The average Bonchev–Trinajstić information content (AvgIpc) is 2.94. The first-order valence-corrected chi connectivity index (χ1v) is 7.32. The zero-order valence-electron chi connectivity index (χ0n) is 11.2. The molecule has 1 atom stereocenters. The van der Waals surface area contributed by atoms with Gasteiger partial charge in [-0.05, 0) is 13.0 Å². The Labute approximate surface area is 126 Å². The van der Waals surface area contributed by atoms with Gasteiger partial charge in [0.2, 0.25) is 0 Å². The van der Waals surface area contributed by atoms with Crippen LogP contribution in [0.2, 0.25) is 5.02 Å². The SMILES string of the molecule is CC(CO)N(C)C(=O)c1cnc(-c2ccccc2Cl)s1. The fourth-order valence-electron chi connectivity index (χ4n) is 1.63. The number of aliphatic hydroxyl groups excluding tert-OH is 1. The standard InChI is InChI=1S/C14H15ClN2O2S/c1-9(8-18)17(2)14(19)12-7-16-13(20-12)10-5-3-4-6-11(10)15/h3-7,9,18H,8H2,1-2H3. The molecule has 0 spiro atoms. The fraction of sp³-hybridized carbons (Fsp3) is 0.286. The highest BCUT2D eigenvalue weighted by atomic mass is 35.5. The number of aromatic nitrogens is 1. The number of carbonyl (C=O) groups is 1. The summed E-state index contributed by atoms with van der Waals surface area (Å²) in [5.74, 6) is -0.151. The minimum atomic E-state index is -0.228. The summed E-state index contributed by atoms with van der Waals surface area (Å²) in [5, 5.41) is 10.4. The van der Waals surface area contributed by atoms with Gasteiger partial charge in [0.05, 0.1) is 23.9 Å². The molecule has 4 nitrogen and oxygen atoms in total. The second-order valence-corrected chi connectivity index (χ2v) is 5.90. The number of nitrogens with zero attached hydrogens (tertiary/aromatic N) is 2. The first kappa shape index (κ1) is 15.0. The van der Waals surface area contributed by atoms with E-state index in [0.29, 0.717) is 14.9 Å². The zero-order valence-corrected chi connectivity index (χ0v) is 12.8. The summed E-state index contributed by atoms with van der Waals surface area (Å²) < 4.78 is 0. The lowest BCUT2D eigenvalue weighted by atomic mass is 10.2. The van der Waals surface area contributed by atoms with Crippen molar-refractivity contribution >= 4 is 28.8 Å². The molecule has 0 saturated heterocycles. The molecule has 6 heteroatoms. The van der Waals surface area contributed by atoms with E-state index in [1.165, 1.54) is 16.2 Å². The molecule has 2 rings (SSSR count). The summed E-state index contributed by atoms with van der Waals surface area (Å²) >= 11 is 7.42. The largest absolute Gasteiger partial charge is 0.394 e. The Balaban J connectivity index is 2.26. The van der Waals surface area contributed by atoms with Crippen molar-refractivity contribution < 1.29 is 9.90 Å². The van der Waals surface area contributed by atoms with Gasteiger partial charge in [-0.15, -0.1) is 11.3 Å². The number of rotatable bonds is 4. The predicted molar refractivity (Wildman–Crippen MR) is 81.2 cm³/mol. The Hall–Kier alpha value is -1.43. The molecule has 0 radical (unpaired) electrons. The van der Waals surface area contributed by atoms with Crippen LogP contribution in [-0.4, -0.2) is 40.6 Å². The van der Waals surface area contributed by atoms with E-state index in [1.807, 2.05) is 18.2 Å². The van der Waals surface area contributed by atoms with Crippen LogP contribution in [-0.2, 0) is 0 Å². The number of carbonyl (C=O) groups excluding carboxylic acids is 1. The first-order chi connectivity index (χ1) is 9.54. The van der Waals surface area contributed by atoms with E-state index in [-0.39, 0.29) is 18.6 Å². The molecule has 1 amide bonds. The maximum absolute atomic E-state index is 12.2.